The van der Waals surface area contributed by atoms with Gasteiger partial charge in [-0.05, 0) is 84.1 Å². The predicted octanol–water partition coefficient (Wildman–Crippen LogP) is 2.24. The molecular weight excluding hydrogens is 310 g/mol. The third-order valence-electron chi connectivity index (χ3n) is 6.41. The van der Waals surface area contributed by atoms with E-state index in [1.165, 1.54) is 84.3 Å². The summed E-state index contributed by atoms with van der Waals surface area (Å²) >= 11 is 0. The zero-order chi connectivity index (χ0) is 17.5. The lowest BCUT2D eigenvalue weighted by molar-refractivity contribution is 0.188. The van der Waals surface area contributed by atoms with Crippen LogP contribution in [-0.2, 0) is 0 Å². The molecule has 1 unspecified atom stereocenters. The fraction of sp³-hybridized carbons (Fsp3) is 0.950. The number of nitrogens with one attached hydrogen (secondary N) is 1. The van der Waals surface area contributed by atoms with Gasteiger partial charge in [0.15, 0.2) is 5.96 Å². The standard InChI is InChI=1S/C20H39N5/c1-3-21-20(22-11-7-18-8-14-23(4-2)15-9-18)25-16-10-19(17-25)24-12-5-6-13-24/h18-19H,3-17H2,1-2H3,(H,21,22). The van der Waals surface area contributed by atoms with Crippen molar-refractivity contribution in [1.29, 1.82) is 0 Å². The van der Waals surface area contributed by atoms with Gasteiger partial charge in [0, 0.05) is 32.2 Å². The molecular formula is C20H39N5. The Morgan fingerprint density at radius 2 is 1.76 bits per heavy atom. The summed E-state index contributed by atoms with van der Waals surface area (Å²) in [6.45, 7) is 15.2. The Morgan fingerprint density at radius 3 is 2.44 bits per heavy atom. The third kappa shape index (κ3) is 5.33. The lowest BCUT2D eigenvalue weighted by Gasteiger charge is -2.30. The molecule has 0 spiro atoms. The summed E-state index contributed by atoms with van der Waals surface area (Å²) in [7, 11) is 0. The first-order valence-corrected chi connectivity index (χ1v) is 10.8. The highest BCUT2D eigenvalue weighted by molar-refractivity contribution is 5.80. The molecule has 3 rings (SSSR count). The average Bonchev–Trinajstić information content (AvgIpc) is 3.33. The maximum absolute atomic E-state index is 4.99. The summed E-state index contributed by atoms with van der Waals surface area (Å²) in [6.07, 6.45) is 8.07. The summed E-state index contributed by atoms with van der Waals surface area (Å²) in [5.74, 6) is 2.04. The Balaban J connectivity index is 1.45. The van der Waals surface area contributed by atoms with E-state index in [0.717, 1.165) is 31.0 Å². The van der Waals surface area contributed by atoms with Crippen LogP contribution in [0.4, 0.5) is 0 Å². The molecule has 3 heterocycles. The minimum absolute atomic E-state index is 0.754. The first kappa shape index (κ1) is 19.0. The number of rotatable bonds is 6. The number of likely N-dealkylation sites (tertiary alicyclic amines) is 3. The second kappa shape index (κ2) is 9.77. The zero-order valence-electron chi connectivity index (χ0n) is 16.6. The van der Waals surface area contributed by atoms with Gasteiger partial charge in [0.05, 0.1) is 0 Å². The van der Waals surface area contributed by atoms with E-state index in [1.54, 1.807) is 0 Å². The lowest BCUT2D eigenvalue weighted by Crippen LogP contribution is -2.42. The van der Waals surface area contributed by atoms with Crippen molar-refractivity contribution in [2.45, 2.75) is 58.4 Å². The minimum Gasteiger partial charge on any atom is -0.357 e. The summed E-state index contributed by atoms with van der Waals surface area (Å²) < 4.78 is 0. The van der Waals surface area contributed by atoms with Crippen LogP contribution in [0.5, 0.6) is 0 Å². The Hall–Kier alpha value is -0.810. The van der Waals surface area contributed by atoms with Crippen LogP contribution in [0, 0.1) is 5.92 Å². The lowest BCUT2D eigenvalue weighted by atomic mass is 9.94. The van der Waals surface area contributed by atoms with Crippen molar-refractivity contribution in [2.75, 3.05) is 58.9 Å². The first-order valence-electron chi connectivity index (χ1n) is 10.8. The molecule has 3 fully saturated rings. The van der Waals surface area contributed by atoms with Crippen molar-refractivity contribution in [3.8, 4) is 0 Å². The molecule has 0 aliphatic carbocycles. The van der Waals surface area contributed by atoms with Crippen LogP contribution in [0.25, 0.3) is 0 Å². The maximum atomic E-state index is 4.99. The highest BCUT2D eigenvalue weighted by atomic mass is 15.3. The van der Waals surface area contributed by atoms with E-state index in [2.05, 4.69) is 33.9 Å². The Bertz CT molecular complexity index is 410. The van der Waals surface area contributed by atoms with Crippen LogP contribution in [0.1, 0.15) is 52.4 Å². The predicted molar refractivity (Wildman–Crippen MR) is 106 cm³/mol. The zero-order valence-corrected chi connectivity index (χ0v) is 16.6. The van der Waals surface area contributed by atoms with E-state index >= 15 is 0 Å². The highest BCUT2D eigenvalue weighted by Crippen LogP contribution is 2.22. The maximum Gasteiger partial charge on any atom is 0.193 e. The summed E-state index contributed by atoms with van der Waals surface area (Å²) in [6, 6.07) is 0.754. The van der Waals surface area contributed by atoms with Crippen LogP contribution in [0.2, 0.25) is 0 Å². The van der Waals surface area contributed by atoms with E-state index in [4.69, 9.17) is 4.99 Å². The molecule has 0 aromatic carbocycles. The van der Waals surface area contributed by atoms with Crippen molar-refractivity contribution in [3.63, 3.8) is 0 Å². The fourth-order valence-corrected chi connectivity index (χ4v) is 4.71. The number of piperidine rings is 1. The molecule has 5 nitrogen and oxygen atoms in total. The van der Waals surface area contributed by atoms with Gasteiger partial charge in [0.25, 0.3) is 0 Å². The molecule has 0 radical (unpaired) electrons. The topological polar surface area (TPSA) is 34.1 Å². The molecule has 1 N–H and O–H groups in total. The van der Waals surface area contributed by atoms with E-state index < -0.39 is 0 Å². The Morgan fingerprint density at radius 1 is 1.00 bits per heavy atom. The molecule has 0 aromatic heterocycles. The van der Waals surface area contributed by atoms with Crippen molar-refractivity contribution in [1.82, 2.24) is 20.0 Å². The van der Waals surface area contributed by atoms with Crippen LogP contribution >= 0.6 is 0 Å². The molecule has 25 heavy (non-hydrogen) atoms. The highest BCUT2D eigenvalue weighted by Gasteiger charge is 2.30. The smallest absolute Gasteiger partial charge is 0.193 e. The molecule has 0 bridgehead atoms. The molecule has 144 valence electrons. The third-order valence-corrected chi connectivity index (χ3v) is 6.41. The minimum atomic E-state index is 0.754. The van der Waals surface area contributed by atoms with Gasteiger partial charge in [-0.25, -0.2) is 0 Å². The van der Waals surface area contributed by atoms with Crippen LogP contribution in [0.3, 0.4) is 0 Å². The number of hydrogen-bond donors (Lipinski definition) is 1. The van der Waals surface area contributed by atoms with E-state index in [1.807, 2.05) is 0 Å². The van der Waals surface area contributed by atoms with Gasteiger partial charge in [0.2, 0.25) is 0 Å². The monoisotopic (exact) mass is 349 g/mol. The number of aliphatic imine (C=N–C) groups is 1. The van der Waals surface area contributed by atoms with Gasteiger partial charge in [-0.15, -0.1) is 0 Å². The fourth-order valence-electron chi connectivity index (χ4n) is 4.71. The molecule has 3 saturated heterocycles. The molecule has 0 amide bonds. The SMILES string of the molecule is CCNC(=NCCC1CCN(CC)CC1)N1CCC(N2CCCC2)C1. The van der Waals surface area contributed by atoms with E-state index in [9.17, 15) is 0 Å². The van der Waals surface area contributed by atoms with Crippen LogP contribution in [-0.4, -0.2) is 85.6 Å². The molecule has 3 aliphatic rings. The molecule has 0 saturated carbocycles. The summed E-state index contributed by atoms with van der Waals surface area (Å²) in [5.41, 5.74) is 0. The molecule has 0 aromatic rings. The van der Waals surface area contributed by atoms with Crippen molar-refractivity contribution in [2.24, 2.45) is 10.9 Å². The summed E-state index contributed by atoms with van der Waals surface area (Å²) in [5, 5.41) is 3.54. The van der Waals surface area contributed by atoms with Gasteiger partial charge in [0.1, 0.15) is 0 Å². The quantitative estimate of drug-likeness (QED) is 0.589. The van der Waals surface area contributed by atoms with Crippen molar-refractivity contribution < 1.29 is 0 Å². The Labute approximate surface area is 154 Å². The normalized spacial score (nSPS) is 27.4. The van der Waals surface area contributed by atoms with Gasteiger partial charge >= 0.3 is 0 Å². The molecule has 1 atom stereocenters. The van der Waals surface area contributed by atoms with Crippen molar-refractivity contribution in [3.05, 3.63) is 0 Å². The largest absolute Gasteiger partial charge is 0.357 e. The van der Waals surface area contributed by atoms with E-state index in [0.29, 0.717) is 0 Å². The average molecular weight is 350 g/mol. The van der Waals surface area contributed by atoms with Gasteiger partial charge in [-0.1, -0.05) is 6.92 Å². The van der Waals surface area contributed by atoms with Gasteiger partial charge in [-0.3, -0.25) is 9.89 Å². The van der Waals surface area contributed by atoms with Crippen molar-refractivity contribution >= 4 is 5.96 Å². The van der Waals surface area contributed by atoms with Gasteiger partial charge < -0.3 is 15.1 Å². The van der Waals surface area contributed by atoms with Crippen LogP contribution in [0.15, 0.2) is 4.99 Å². The van der Waals surface area contributed by atoms with Crippen LogP contribution < -0.4 is 5.32 Å². The molecule has 5 heteroatoms. The van der Waals surface area contributed by atoms with Gasteiger partial charge in [-0.2, -0.15) is 0 Å². The first-order chi connectivity index (χ1) is 12.3. The summed E-state index contributed by atoms with van der Waals surface area (Å²) in [4.78, 5) is 12.8. The number of guanidine groups is 1. The second-order valence-electron chi connectivity index (χ2n) is 8.03. The number of hydrogen-bond acceptors (Lipinski definition) is 3. The van der Waals surface area contributed by atoms with E-state index in [-0.39, 0.29) is 0 Å². The second-order valence-corrected chi connectivity index (χ2v) is 8.03. The Kier molecular flexibility index (Phi) is 7.41. The number of nitrogens with zero attached hydrogens (tertiary/aromatic N) is 4. The molecule has 3 aliphatic heterocycles.